The van der Waals surface area contributed by atoms with Gasteiger partial charge in [0.05, 0.1) is 22.1 Å². The smallest absolute Gasteiger partial charge is 0.245 e. The average Bonchev–Trinajstić information content (AvgIpc) is 3.68. The van der Waals surface area contributed by atoms with Gasteiger partial charge in [0.15, 0.2) is 0 Å². The molecule has 38 heavy (non-hydrogen) atoms. The summed E-state index contributed by atoms with van der Waals surface area (Å²) in [6.07, 6.45) is 2.60. The van der Waals surface area contributed by atoms with Crippen molar-refractivity contribution < 1.29 is 19.5 Å². The second-order valence-corrected chi connectivity index (χ2v) is 11.8. The maximum atomic E-state index is 13.9. The van der Waals surface area contributed by atoms with E-state index in [-0.39, 0.29) is 36.2 Å². The number of nitrogens with zero attached hydrogens (tertiary/aromatic N) is 4. The van der Waals surface area contributed by atoms with Crippen molar-refractivity contribution in [3.63, 3.8) is 0 Å². The summed E-state index contributed by atoms with van der Waals surface area (Å²) in [5, 5.41) is 23.6. The van der Waals surface area contributed by atoms with Crippen LogP contribution in [0.25, 0.3) is 11.0 Å². The van der Waals surface area contributed by atoms with Crippen LogP contribution in [0.3, 0.4) is 0 Å². The number of hydrogen-bond donors (Lipinski definition) is 3. The number of carbonyl (C=O) groups excluding carboxylic acids is 3. The highest BCUT2D eigenvalue weighted by molar-refractivity contribution is 8.02. The number of aliphatic hydroxyl groups is 1. The number of para-hydroxylation sites is 2. The average molecular weight is 535 g/mol. The SMILES string of the molecule is O=C(NCn1nnc2ccccc21)C1N(CCCCO)C(=O)[C@@H]2[C@H](C(=O)Nc3ccccc3)[C@@H]3CCC12S3. The van der Waals surface area contributed by atoms with Crippen LogP contribution in [-0.4, -0.2) is 71.9 Å². The molecule has 3 aromatic rings. The molecule has 2 unspecified atom stereocenters. The maximum Gasteiger partial charge on any atom is 0.245 e. The third kappa shape index (κ3) is 4.04. The summed E-state index contributed by atoms with van der Waals surface area (Å²) < 4.78 is 0.971. The Morgan fingerprint density at radius 3 is 2.68 bits per heavy atom. The molecule has 3 aliphatic rings. The summed E-state index contributed by atoms with van der Waals surface area (Å²) in [7, 11) is 0. The number of rotatable bonds is 9. The van der Waals surface area contributed by atoms with Gasteiger partial charge in [0.1, 0.15) is 18.2 Å². The van der Waals surface area contributed by atoms with Gasteiger partial charge >= 0.3 is 0 Å². The normalized spacial score (nSPS) is 27.6. The molecule has 3 N–H and O–H groups in total. The van der Waals surface area contributed by atoms with Crippen LogP contribution < -0.4 is 10.6 Å². The van der Waals surface area contributed by atoms with Crippen LogP contribution in [0.5, 0.6) is 0 Å². The van der Waals surface area contributed by atoms with Gasteiger partial charge in [-0.1, -0.05) is 35.5 Å². The second-order valence-electron chi connectivity index (χ2n) is 10.2. The first-order valence-electron chi connectivity index (χ1n) is 13.0. The van der Waals surface area contributed by atoms with E-state index in [0.717, 1.165) is 17.5 Å². The number of anilines is 1. The van der Waals surface area contributed by atoms with E-state index in [9.17, 15) is 19.5 Å². The third-order valence-electron chi connectivity index (χ3n) is 8.02. The van der Waals surface area contributed by atoms with Crippen molar-refractivity contribution >= 4 is 46.2 Å². The summed E-state index contributed by atoms with van der Waals surface area (Å²) in [5.74, 6) is -1.62. The quantitative estimate of drug-likeness (QED) is 0.358. The van der Waals surface area contributed by atoms with E-state index in [4.69, 9.17) is 0 Å². The Morgan fingerprint density at radius 2 is 1.87 bits per heavy atom. The Labute approximate surface area is 224 Å². The van der Waals surface area contributed by atoms with Gasteiger partial charge in [-0.05, 0) is 49.9 Å². The Balaban J connectivity index is 1.27. The molecule has 1 aromatic heterocycles. The Hall–Kier alpha value is -3.44. The number of unbranched alkanes of at least 4 members (excludes halogenated alkanes) is 1. The minimum Gasteiger partial charge on any atom is -0.396 e. The van der Waals surface area contributed by atoms with Gasteiger partial charge in [-0.15, -0.1) is 16.9 Å². The summed E-state index contributed by atoms with van der Waals surface area (Å²) in [4.78, 5) is 42.9. The largest absolute Gasteiger partial charge is 0.396 e. The van der Waals surface area contributed by atoms with Crippen LogP contribution in [0, 0.1) is 11.8 Å². The molecule has 0 saturated carbocycles. The van der Waals surface area contributed by atoms with Gasteiger partial charge in [0.2, 0.25) is 17.7 Å². The lowest BCUT2D eigenvalue weighted by Crippen LogP contribution is -2.53. The van der Waals surface area contributed by atoms with Crippen LogP contribution >= 0.6 is 11.8 Å². The molecule has 5 atom stereocenters. The number of amides is 3. The van der Waals surface area contributed by atoms with Gasteiger partial charge in [0, 0.05) is 24.1 Å². The second kappa shape index (κ2) is 10.0. The van der Waals surface area contributed by atoms with Gasteiger partial charge < -0.3 is 20.6 Å². The number of carbonyl (C=O) groups is 3. The molecular formula is C27H30N6O4S. The number of likely N-dealkylation sites (tertiary alicyclic amines) is 1. The van der Waals surface area contributed by atoms with E-state index in [1.807, 2.05) is 54.6 Å². The molecule has 0 radical (unpaired) electrons. The van der Waals surface area contributed by atoms with E-state index in [1.165, 1.54) is 0 Å². The zero-order valence-corrected chi connectivity index (χ0v) is 21.6. The van der Waals surface area contributed by atoms with Gasteiger partial charge in [-0.2, -0.15) is 0 Å². The molecule has 198 valence electrons. The van der Waals surface area contributed by atoms with Crippen LogP contribution in [0.4, 0.5) is 5.69 Å². The lowest BCUT2D eigenvalue weighted by atomic mass is 9.70. The molecule has 3 fully saturated rings. The lowest BCUT2D eigenvalue weighted by Gasteiger charge is -2.34. The first-order chi connectivity index (χ1) is 18.5. The molecule has 1 spiro atoms. The number of fused-ring (bicyclic) bond motifs is 2. The molecule has 3 amide bonds. The molecule has 4 heterocycles. The van der Waals surface area contributed by atoms with Crippen LogP contribution in [-0.2, 0) is 21.1 Å². The highest BCUT2D eigenvalue weighted by Gasteiger charge is 2.73. The van der Waals surface area contributed by atoms with Crippen molar-refractivity contribution in [1.82, 2.24) is 25.2 Å². The van der Waals surface area contributed by atoms with Crippen molar-refractivity contribution in [2.45, 2.75) is 48.4 Å². The standard InChI is InChI=1S/C27H30N6O4S/c34-15-7-6-14-32-23(25(36)28-16-33-19-11-5-4-10-18(19)30-31-33)27-13-12-20(38-27)21(22(27)26(32)37)24(35)29-17-8-2-1-3-9-17/h1-5,8-11,20-23,34H,6-7,12-16H2,(H,28,36)(H,29,35)/t20-,21+,22-,23?,27?/m0/s1. The van der Waals surface area contributed by atoms with Crippen molar-refractivity contribution in [2.24, 2.45) is 11.8 Å². The Morgan fingerprint density at radius 1 is 1.08 bits per heavy atom. The highest BCUT2D eigenvalue weighted by Crippen LogP contribution is 2.66. The minimum atomic E-state index is -0.696. The number of aromatic nitrogens is 3. The fourth-order valence-electron chi connectivity index (χ4n) is 6.42. The molecule has 3 saturated heterocycles. The minimum absolute atomic E-state index is 0.0122. The summed E-state index contributed by atoms with van der Waals surface area (Å²) in [6, 6.07) is 16.1. The van der Waals surface area contributed by atoms with E-state index < -0.39 is 22.6 Å². The molecule has 2 bridgehead atoms. The summed E-state index contributed by atoms with van der Waals surface area (Å²) >= 11 is 1.64. The summed E-state index contributed by atoms with van der Waals surface area (Å²) in [5.41, 5.74) is 2.23. The fraction of sp³-hybridized carbons (Fsp3) is 0.444. The van der Waals surface area contributed by atoms with E-state index in [0.29, 0.717) is 31.5 Å². The molecule has 11 heteroatoms. The van der Waals surface area contributed by atoms with Crippen molar-refractivity contribution in [3.8, 4) is 0 Å². The van der Waals surface area contributed by atoms with Crippen molar-refractivity contribution in [2.75, 3.05) is 18.5 Å². The zero-order valence-electron chi connectivity index (χ0n) is 20.8. The Bertz CT molecular complexity index is 1370. The van der Waals surface area contributed by atoms with Crippen LogP contribution in [0.1, 0.15) is 25.7 Å². The van der Waals surface area contributed by atoms with E-state index in [2.05, 4.69) is 20.9 Å². The highest BCUT2D eigenvalue weighted by atomic mass is 32.2. The predicted octanol–water partition coefficient (Wildman–Crippen LogP) is 2.01. The number of aliphatic hydroxyl groups excluding tert-OH is 1. The molecule has 3 aliphatic heterocycles. The van der Waals surface area contributed by atoms with E-state index in [1.54, 1.807) is 21.3 Å². The van der Waals surface area contributed by atoms with Gasteiger partial charge in [0.25, 0.3) is 0 Å². The third-order valence-corrected chi connectivity index (χ3v) is 9.97. The number of hydrogen-bond acceptors (Lipinski definition) is 7. The number of nitrogens with one attached hydrogen (secondary N) is 2. The molecule has 0 aliphatic carbocycles. The topological polar surface area (TPSA) is 129 Å². The zero-order chi connectivity index (χ0) is 26.3. The van der Waals surface area contributed by atoms with Crippen LogP contribution in [0.2, 0.25) is 0 Å². The van der Waals surface area contributed by atoms with Crippen molar-refractivity contribution in [3.05, 3.63) is 54.6 Å². The lowest BCUT2D eigenvalue weighted by molar-refractivity contribution is -0.139. The first-order valence-corrected chi connectivity index (χ1v) is 13.9. The maximum absolute atomic E-state index is 13.9. The molecular weight excluding hydrogens is 504 g/mol. The van der Waals surface area contributed by atoms with Crippen LogP contribution in [0.15, 0.2) is 54.6 Å². The number of thioether (sulfide) groups is 1. The van der Waals surface area contributed by atoms with Gasteiger partial charge in [-0.3, -0.25) is 14.4 Å². The molecule has 6 rings (SSSR count). The monoisotopic (exact) mass is 534 g/mol. The molecule has 2 aromatic carbocycles. The fourth-order valence-corrected chi connectivity index (χ4v) is 8.64. The predicted molar refractivity (Wildman–Crippen MR) is 143 cm³/mol. The van der Waals surface area contributed by atoms with Gasteiger partial charge in [-0.25, -0.2) is 4.68 Å². The molecule has 10 nitrogen and oxygen atoms in total. The number of benzene rings is 2. The first kappa shape index (κ1) is 24.9. The van der Waals surface area contributed by atoms with E-state index >= 15 is 0 Å². The summed E-state index contributed by atoms with van der Waals surface area (Å²) in [6.45, 7) is 0.507. The Kier molecular flexibility index (Phi) is 6.56. The van der Waals surface area contributed by atoms with Crippen molar-refractivity contribution in [1.29, 1.82) is 0 Å².